The maximum atomic E-state index is 12.0. The van der Waals surface area contributed by atoms with E-state index in [2.05, 4.69) is 6.92 Å². The molecule has 16 heavy (non-hydrogen) atoms. The monoisotopic (exact) mass is 224 g/mol. The van der Waals surface area contributed by atoms with Crippen LogP contribution in [0.25, 0.3) is 0 Å². The quantitative estimate of drug-likeness (QED) is 0.832. The molecule has 1 rings (SSSR count). The lowest BCUT2D eigenvalue weighted by molar-refractivity contribution is 0.0702. The third-order valence-electron chi connectivity index (χ3n) is 2.76. The van der Waals surface area contributed by atoms with Crippen molar-refractivity contribution in [1.82, 2.24) is 4.90 Å². The van der Waals surface area contributed by atoms with Gasteiger partial charge in [-0.15, -0.1) is 0 Å². The van der Waals surface area contributed by atoms with Gasteiger partial charge in [-0.1, -0.05) is 13.3 Å². The number of carbonyl (C=O) groups excluding carboxylic acids is 1. The van der Waals surface area contributed by atoms with Crippen LogP contribution in [-0.2, 0) is 6.54 Å². The Morgan fingerprint density at radius 2 is 2.25 bits per heavy atom. The highest BCUT2D eigenvalue weighted by molar-refractivity contribution is 5.91. The van der Waals surface area contributed by atoms with Crippen molar-refractivity contribution in [3.05, 3.63) is 23.7 Å². The van der Waals surface area contributed by atoms with Crippen molar-refractivity contribution >= 4 is 5.91 Å². The van der Waals surface area contributed by atoms with Crippen LogP contribution in [0.4, 0.5) is 0 Å². The zero-order valence-electron chi connectivity index (χ0n) is 10.2. The molecule has 90 valence electrons. The number of furan rings is 1. The van der Waals surface area contributed by atoms with Gasteiger partial charge in [0.15, 0.2) is 5.76 Å². The molecule has 4 heteroatoms. The summed E-state index contributed by atoms with van der Waals surface area (Å²) >= 11 is 0. The smallest absolute Gasteiger partial charge is 0.289 e. The molecule has 1 amide bonds. The highest BCUT2D eigenvalue weighted by Gasteiger charge is 2.19. The first-order chi connectivity index (χ1) is 7.60. The average Bonchev–Trinajstić information content (AvgIpc) is 2.75. The zero-order chi connectivity index (χ0) is 12.1. The minimum absolute atomic E-state index is 0.0827. The Kier molecular flexibility index (Phi) is 4.55. The topological polar surface area (TPSA) is 59.5 Å². The maximum absolute atomic E-state index is 12.0. The Hall–Kier alpha value is -1.29. The minimum Gasteiger partial charge on any atom is -0.455 e. The number of nitrogens with two attached hydrogens (primary N) is 1. The molecule has 0 aliphatic rings. The summed E-state index contributed by atoms with van der Waals surface area (Å²) in [7, 11) is 1.80. The van der Waals surface area contributed by atoms with E-state index >= 15 is 0 Å². The lowest BCUT2D eigenvalue weighted by Gasteiger charge is -2.23. The van der Waals surface area contributed by atoms with Crippen LogP contribution < -0.4 is 5.73 Å². The number of carbonyl (C=O) groups is 1. The molecule has 1 heterocycles. The van der Waals surface area contributed by atoms with Crippen LogP contribution in [0.2, 0.25) is 0 Å². The molecule has 2 N–H and O–H groups in total. The summed E-state index contributed by atoms with van der Waals surface area (Å²) in [5, 5.41) is 0. The van der Waals surface area contributed by atoms with Crippen LogP contribution in [0.1, 0.15) is 43.0 Å². The van der Waals surface area contributed by atoms with E-state index in [9.17, 15) is 4.79 Å². The summed E-state index contributed by atoms with van der Waals surface area (Å²) in [6.45, 7) is 4.46. The van der Waals surface area contributed by atoms with Crippen LogP contribution in [0.15, 0.2) is 16.5 Å². The molecule has 1 aromatic rings. The average molecular weight is 224 g/mol. The third kappa shape index (κ3) is 2.85. The van der Waals surface area contributed by atoms with Crippen molar-refractivity contribution in [3.63, 3.8) is 0 Å². The van der Waals surface area contributed by atoms with E-state index in [-0.39, 0.29) is 11.9 Å². The fourth-order valence-electron chi connectivity index (χ4n) is 1.59. The van der Waals surface area contributed by atoms with Crippen molar-refractivity contribution in [2.24, 2.45) is 5.73 Å². The summed E-state index contributed by atoms with van der Waals surface area (Å²) in [5.41, 5.74) is 5.43. The summed E-state index contributed by atoms with van der Waals surface area (Å²) in [4.78, 5) is 13.7. The summed E-state index contributed by atoms with van der Waals surface area (Å²) in [6.07, 6.45) is 2.05. The first kappa shape index (κ1) is 12.8. The molecule has 0 fully saturated rings. The zero-order valence-corrected chi connectivity index (χ0v) is 10.2. The predicted molar refractivity (Wildman–Crippen MR) is 63.1 cm³/mol. The van der Waals surface area contributed by atoms with E-state index < -0.39 is 0 Å². The number of nitrogens with zero attached hydrogens (tertiary/aromatic N) is 1. The Morgan fingerprint density at radius 1 is 1.56 bits per heavy atom. The SMILES string of the molecule is CCCC(C)N(C)C(=O)c1ccc(CN)o1. The van der Waals surface area contributed by atoms with Crippen LogP contribution in [-0.4, -0.2) is 23.9 Å². The van der Waals surface area contributed by atoms with Gasteiger partial charge in [-0.2, -0.15) is 0 Å². The van der Waals surface area contributed by atoms with E-state index in [0.29, 0.717) is 18.1 Å². The van der Waals surface area contributed by atoms with Crippen LogP contribution in [0, 0.1) is 0 Å². The van der Waals surface area contributed by atoms with Gasteiger partial charge < -0.3 is 15.1 Å². The van der Waals surface area contributed by atoms with Crippen molar-refractivity contribution < 1.29 is 9.21 Å². The summed E-state index contributed by atoms with van der Waals surface area (Å²) < 4.78 is 5.33. The molecule has 1 aromatic heterocycles. The minimum atomic E-state index is -0.0827. The lowest BCUT2D eigenvalue weighted by Crippen LogP contribution is -2.34. The molecule has 0 aliphatic heterocycles. The van der Waals surface area contributed by atoms with E-state index in [4.69, 9.17) is 10.2 Å². The van der Waals surface area contributed by atoms with E-state index in [1.54, 1.807) is 24.1 Å². The van der Waals surface area contributed by atoms with Gasteiger partial charge in [0.2, 0.25) is 0 Å². The maximum Gasteiger partial charge on any atom is 0.289 e. The molecule has 1 atom stereocenters. The number of hydrogen-bond donors (Lipinski definition) is 1. The summed E-state index contributed by atoms with van der Waals surface area (Å²) in [5.74, 6) is 0.923. The fraction of sp³-hybridized carbons (Fsp3) is 0.583. The highest BCUT2D eigenvalue weighted by Crippen LogP contribution is 2.13. The standard InChI is InChI=1S/C12H20N2O2/c1-4-5-9(2)14(3)12(15)11-7-6-10(8-13)16-11/h6-7,9H,4-5,8,13H2,1-3H3. The Labute approximate surface area is 96.4 Å². The van der Waals surface area contributed by atoms with E-state index in [1.807, 2.05) is 6.92 Å². The number of rotatable bonds is 5. The summed E-state index contributed by atoms with van der Waals surface area (Å²) in [6, 6.07) is 3.65. The van der Waals surface area contributed by atoms with Crippen molar-refractivity contribution in [2.45, 2.75) is 39.3 Å². The molecule has 0 aromatic carbocycles. The van der Waals surface area contributed by atoms with Gasteiger partial charge in [0, 0.05) is 13.1 Å². The predicted octanol–water partition coefficient (Wildman–Crippen LogP) is 2.00. The Bertz CT molecular complexity index is 347. The van der Waals surface area contributed by atoms with Gasteiger partial charge in [0.25, 0.3) is 5.91 Å². The van der Waals surface area contributed by atoms with Gasteiger partial charge in [0.05, 0.1) is 6.54 Å². The number of amides is 1. The van der Waals surface area contributed by atoms with Crippen LogP contribution in [0.3, 0.4) is 0 Å². The van der Waals surface area contributed by atoms with Gasteiger partial charge in [-0.3, -0.25) is 4.79 Å². The second-order valence-electron chi connectivity index (χ2n) is 4.02. The lowest BCUT2D eigenvalue weighted by atomic mass is 10.1. The largest absolute Gasteiger partial charge is 0.455 e. The van der Waals surface area contributed by atoms with Crippen LogP contribution >= 0.6 is 0 Å². The van der Waals surface area contributed by atoms with Crippen molar-refractivity contribution in [3.8, 4) is 0 Å². The molecule has 1 unspecified atom stereocenters. The van der Waals surface area contributed by atoms with Gasteiger partial charge in [-0.05, 0) is 25.5 Å². The van der Waals surface area contributed by atoms with E-state index in [1.165, 1.54) is 0 Å². The molecule has 4 nitrogen and oxygen atoms in total. The molecular weight excluding hydrogens is 204 g/mol. The van der Waals surface area contributed by atoms with Gasteiger partial charge >= 0.3 is 0 Å². The normalized spacial score (nSPS) is 12.5. The fourth-order valence-corrected chi connectivity index (χ4v) is 1.59. The van der Waals surface area contributed by atoms with Crippen molar-refractivity contribution in [1.29, 1.82) is 0 Å². The molecule has 0 spiro atoms. The Morgan fingerprint density at radius 3 is 2.75 bits per heavy atom. The molecule has 0 saturated heterocycles. The van der Waals surface area contributed by atoms with Crippen molar-refractivity contribution in [2.75, 3.05) is 7.05 Å². The third-order valence-corrected chi connectivity index (χ3v) is 2.76. The molecule has 0 saturated carbocycles. The second kappa shape index (κ2) is 5.70. The van der Waals surface area contributed by atoms with Gasteiger partial charge in [0.1, 0.15) is 5.76 Å². The first-order valence-corrected chi connectivity index (χ1v) is 5.66. The first-order valence-electron chi connectivity index (χ1n) is 5.66. The molecule has 0 radical (unpaired) electrons. The second-order valence-corrected chi connectivity index (χ2v) is 4.02. The molecular formula is C12H20N2O2. The molecule has 0 aliphatic carbocycles. The molecule has 0 bridgehead atoms. The van der Waals surface area contributed by atoms with E-state index in [0.717, 1.165) is 12.8 Å². The number of hydrogen-bond acceptors (Lipinski definition) is 3. The Balaban J connectivity index is 2.69. The van der Waals surface area contributed by atoms with Gasteiger partial charge in [-0.25, -0.2) is 0 Å². The van der Waals surface area contributed by atoms with Crippen LogP contribution in [0.5, 0.6) is 0 Å². The highest BCUT2D eigenvalue weighted by atomic mass is 16.4.